The number of anilines is 2. The van der Waals surface area contributed by atoms with Gasteiger partial charge in [0.15, 0.2) is 0 Å². The third-order valence-corrected chi connectivity index (χ3v) is 10.0. The Labute approximate surface area is 216 Å². The van der Waals surface area contributed by atoms with E-state index in [1.54, 1.807) is 11.3 Å². The van der Waals surface area contributed by atoms with E-state index in [-0.39, 0.29) is 11.5 Å². The van der Waals surface area contributed by atoms with Crippen LogP contribution in [-0.4, -0.2) is 56.6 Å². The molecule has 2 aliphatic heterocycles. The summed E-state index contributed by atoms with van der Waals surface area (Å²) in [5.74, 6) is 1.73. The van der Waals surface area contributed by atoms with Gasteiger partial charge in [0.1, 0.15) is 15.7 Å². The first-order chi connectivity index (χ1) is 17.5. The van der Waals surface area contributed by atoms with Crippen molar-refractivity contribution in [2.75, 3.05) is 36.2 Å². The SMILES string of the molecule is COC(=O)CCC1(Nc2nc(N3CC=C(c4nc5ccccc5s4)CC3)nc3c2[S@](=O)CC3)CCC1. The molecule has 0 amide bonds. The largest absolute Gasteiger partial charge is 0.469 e. The van der Waals surface area contributed by atoms with Gasteiger partial charge in [0.25, 0.3) is 0 Å². The van der Waals surface area contributed by atoms with Crippen LogP contribution in [0.3, 0.4) is 0 Å². The second-order valence-corrected chi connectivity index (χ2v) is 12.2. The number of fused-ring (bicyclic) bond motifs is 2. The fraction of sp³-hybridized carbons (Fsp3) is 0.462. The lowest BCUT2D eigenvalue weighted by Crippen LogP contribution is -2.46. The predicted octanol–water partition coefficient (Wildman–Crippen LogP) is 4.33. The molecule has 0 unspecified atom stereocenters. The van der Waals surface area contributed by atoms with Gasteiger partial charge in [-0.25, -0.2) is 9.97 Å². The monoisotopic (exact) mass is 523 g/mol. The standard InChI is InChI=1S/C26H29N5O3S2/c1-34-21(32)7-13-26(11-4-12-26)30-23-22-19(10-16-36(22)33)28-25(29-23)31-14-8-17(9-15-31)24-27-18-5-2-3-6-20(18)35-24/h2-3,5-6,8H,4,7,9-16H2,1H3,(H,28,29,30)/t36-/m1/s1. The molecule has 10 heteroatoms. The molecule has 1 N–H and O–H groups in total. The minimum Gasteiger partial charge on any atom is -0.469 e. The molecule has 0 bridgehead atoms. The Morgan fingerprint density at radius 2 is 2.08 bits per heavy atom. The number of rotatable bonds is 7. The van der Waals surface area contributed by atoms with Gasteiger partial charge in [-0.2, -0.15) is 4.98 Å². The van der Waals surface area contributed by atoms with Gasteiger partial charge in [0, 0.05) is 37.2 Å². The molecule has 1 aromatic carbocycles. The molecule has 1 atom stereocenters. The van der Waals surface area contributed by atoms with Gasteiger partial charge in [-0.3, -0.25) is 9.00 Å². The van der Waals surface area contributed by atoms with Crippen LogP contribution in [0, 0.1) is 0 Å². The first kappa shape index (κ1) is 23.5. The smallest absolute Gasteiger partial charge is 0.305 e. The number of hydrogen-bond acceptors (Lipinski definition) is 9. The molecule has 188 valence electrons. The predicted molar refractivity (Wildman–Crippen MR) is 143 cm³/mol. The minimum absolute atomic E-state index is 0.204. The molecule has 0 radical (unpaired) electrons. The number of carbonyl (C=O) groups excluding carboxylic acids is 1. The summed E-state index contributed by atoms with van der Waals surface area (Å²) in [5, 5.41) is 4.71. The summed E-state index contributed by atoms with van der Waals surface area (Å²) in [6.45, 7) is 1.51. The summed E-state index contributed by atoms with van der Waals surface area (Å²) < 4.78 is 18.9. The van der Waals surface area contributed by atoms with Crippen molar-refractivity contribution in [3.8, 4) is 0 Å². The van der Waals surface area contributed by atoms with Crippen LogP contribution in [0.5, 0.6) is 0 Å². The van der Waals surface area contributed by atoms with E-state index < -0.39 is 10.8 Å². The number of nitrogens with one attached hydrogen (secondary N) is 1. The number of nitrogens with zero attached hydrogens (tertiary/aromatic N) is 4. The molecule has 6 rings (SSSR count). The third kappa shape index (κ3) is 4.41. The lowest BCUT2D eigenvalue weighted by atomic mass is 9.73. The van der Waals surface area contributed by atoms with E-state index in [1.807, 2.05) is 12.1 Å². The summed E-state index contributed by atoms with van der Waals surface area (Å²) in [4.78, 5) is 29.3. The lowest BCUT2D eigenvalue weighted by molar-refractivity contribution is -0.141. The number of thiazole rings is 1. The Balaban J connectivity index is 1.25. The van der Waals surface area contributed by atoms with Gasteiger partial charge in [0.05, 0.1) is 33.8 Å². The van der Waals surface area contributed by atoms with Crippen LogP contribution < -0.4 is 10.2 Å². The highest BCUT2D eigenvalue weighted by atomic mass is 32.2. The first-order valence-electron chi connectivity index (χ1n) is 12.5. The molecule has 3 aliphatic rings. The van der Waals surface area contributed by atoms with E-state index in [1.165, 1.54) is 17.4 Å². The Morgan fingerprint density at radius 3 is 2.81 bits per heavy atom. The molecule has 0 spiro atoms. The molecular weight excluding hydrogens is 494 g/mol. The zero-order chi connectivity index (χ0) is 24.7. The Morgan fingerprint density at radius 1 is 1.22 bits per heavy atom. The molecule has 0 saturated heterocycles. The first-order valence-corrected chi connectivity index (χ1v) is 14.6. The van der Waals surface area contributed by atoms with Crippen molar-refractivity contribution in [1.29, 1.82) is 0 Å². The number of aryl methyl sites for hydroxylation is 1. The molecule has 4 heterocycles. The molecule has 3 aromatic rings. The maximum absolute atomic E-state index is 12.8. The van der Waals surface area contributed by atoms with Crippen molar-refractivity contribution in [3.63, 3.8) is 0 Å². The van der Waals surface area contributed by atoms with Crippen molar-refractivity contribution in [2.45, 2.75) is 55.4 Å². The van der Waals surface area contributed by atoms with Gasteiger partial charge in [-0.05, 0) is 49.8 Å². The highest BCUT2D eigenvalue weighted by molar-refractivity contribution is 7.85. The average Bonchev–Trinajstić information content (AvgIpc) is 3.49. The zero-order valence-corrected chi connectivity index (χ0v) is 21.9. The number of carbonyl (C=O) groups is 1. The van der Waals surface area contributed by atoms with E-state index in [2.05, 4.69) is 28.4 Å². The quantitative estimate of drug-likeness (QED) is 0.457. The highest BCUT2D eigenvalue weighted by Crippen LogP contribution is 2.41. The number of aromatic nitrogens is 3. The molecule has 36 heavy (non-hydrogen) atoms. The third-order valence-electron chi connectivity index (χ3n) is 7.47. The van der Waals surface area contributed by atoms with Crippen molar-refractivity contribution >= 4 is 55.7 Å². The molecular formula is C26H29N5O3S2. The van der Waals surface area contributed by atoms with Gasteiger partial charge in [-0.1, -0.05) is 18.2 Å². The molecule has 1 fully saturated rings. The second-order valence-electron chi connectivity index (χ2n) is 9.69. The van der Waals surface area contributed by atoms with Crippen LogP contribution in [0.4, 0.5) is 11.8 Å². The summed E-state index contributed by atoms with van der Waals surface area (Å²) in [6.07, 6.45) is 7.86. The van der Waals surface area contributed by atoms with Gasteiger partial charge in [0.2, 0.25) is 5.95 Å². The second kappa shape index (κ2) is 9.55. The Kier molecular flexibility index (Phi) is 6.25. The van der Waals surface area contributed by atoms with E-state index in [0.717, 1.165) is 53.3 Å². The number of methoxy groups -OCH3 is 1. The Bertz CT molecular complexity index is 1350. The molecule has 1 aliphatic carbocycles. The zero-order valence-electron chi connectivity index (χ0n) is 20.3. The van der Waals surface area contributed by atoms with Crippen LogP contribution >= 0.6 is 11.3 Å². The van der Waals surface area contributed by atoms with E-state index >= 15 is 0 Å². The molecule has 8 nitrogen and oxygen atoms in total. The van der Waals surface area contributed by atoms with Crippen LogP contribution in [-0.2, 0) is 26.8 Å². The molecule has 2 aromatic heterocycles. The topological polar surface area (TPSA) is 97.3 Å². The van der Waals surface area contributed by atoms with Crippen LogP contribution in [0.25, 0.3) is 15.8 Å². The van der Waals surface area contributed by atoms with Crippen LogP contribution in [0.1, 0.15) is 49.2 Å². The van der Waals surface area contributed by atoms with Crippen molar-refractivity contribution in [2.24, 2.45) is 0 Å². The fourth-order valence-electron chi connectivity index (χ4n) is 5.20. The van der Waals surface area contributed by atoms with Crippen molar-refractivity contribution < 1.29 is 13.7 Å². The average molecular weight is 524 g/mol. The normalized spacial score (nSPS) is 20.5. The van der Waals surface area contributed by atoms with Crippen LogP contribution in [0.2, 0.25) is 0 Å². The minimum atomic E-state index is -1.10. The van der Waals surface area contributed by atoms with Crippen molar-refractivity contribution in [3.05, 3.63) is 41.0 Å². The highest BCUT2D eigenvalue weighted by Gasteiger charge is 2.39. The number of hydrogen-bond donors (Lipinski definition) is 1. The maximum atomic E-state index is 12.8. The lowest BCUT2D eigenvalue weighted by Gasteiger charge is -2.43. The number of para-hydroxylation sites is 1. The number of benzene rings is 1. The summed E-state index contributed by atoms with van der Waals surface area (Å²) in [6, 6.07) is 8.25. The van der Waals surface area contributed by atoms with Gasteiger partial charge in [-0.15, -0.1) is 11.3 Å². The summed E-state index contributed by atoms with van der Waals surface area (Å²) in [5.41, 5.74) is 2.99. The summed E-state index contributed by atoms with van der Waals surface area (Å²) >= 11 is 1.74. The van der Waals surface area contributed by atoms with E-state index in [9.17, 15) is 9.00 Å². The Hall–Kier alpha value is -2.85. The summed E-state index contributed by atoms with van der Waals surface area (Å²) in [7, 11) is 0.317. The molecule has 1 saturated carbocycles. The van der Waals surface area contributed by atoms with Crippen molar-refractivity contribution in [1.82, 2.24) is 15.0 Å². The number of ether oxygens (including phenoxy) is 1. The van der Waals surface area contributed by atoms with Crippen LogP contribution in [0.15, 0.2) is 35.2 Å². The fourth-order valence-corrected chi connectivity index (χ4v) is 7.54. The van der Waals surface area contributed by atoms with Gasteiger partial charge < -0.3 is 15.0 Å². The van der Waals surface area contributed by atoms with E-state index in [0.29, 0.717) is 43.3 Å². The number of esters is 1. The maximum Gasteiger partial charge on any atom is 0.305 e. The van der Waals surface area contributed by atoms with E-state index in [4.69, 9.17) is 19.7 Å². The van der Waals surface area contributed by atoms with Gasteiger partial charge >= 0.3 is 5.97 Å².